The third-order valence-corrected chi connectivity index (χ3v) is 2.97. The molecule has 1 amide bonds. The van der Waals surface area contributed by atoms with Gasteiger partial charge in [0.25, 0.3) is 0 Å². The lowest BCUT2D eigenvalue weighted by molar-refractivity contribution is -0.117. The number of amides is 1. The molecule has 1 atom stereocenters. The van der Waals surface area contributed by atoms with Crippen molar-refractivity contribution in [3.63, 3.8) is 0 Å². The molecule has 2 rings (SSSR count). The Balaban J connectivity index is 2.30. The van der Waals surface area contributed by atoms with Crippen molar-refractivity contribution >= 4 is 23.2 Å². The highest BCUT2D eigenvalue weighted by molar-refractivity contribution is 6.30. The summed E-state index contributed by atoms with van der Waals surface area (Å²) in [6, 6.07) is 4.19. The van der Waals surface area contributed by atoms with E-state index in [-0.39, 0.29) is 17.5 Å². The number of carbonyl (C=O) groups excluding carboxylic acids is 1. The van der Waals surface area contributed by atoms with E-state index in [2.05, 4.69) is 0 Å². The Labute approximate surface area is 98.0 Å². The third kappa shape index (κ3) is 2.03. The van der Waals surface area contributed by atoms with E-state index in [1.54, 1.807) is 0 Å². The molecule has 1 aliphatic heterocycles. The van der Waals surface area contributed by atoms with Gasteiger partial charge >= 0.3 is 0 Å². The molecular formula is C11H12ClFN2O. The second-order valence-electron chi connectivity index (χ2n) is 3.91. The zero-order chi connectivity index (χ0) is 11.7. The number of hydrogen-bond donors (Lipinski definition) is 1. The number of rotatable bonds is 2. The van der Waals surface area contributed by atoms with Crippen LogP contribution < -0.4 is 10.6 Å². The molecule has 0 bridgehead atoms. The van der Waals surface area contributed by atoms with Gasteiger partial charge in [0.05, 0.1) is 5.69 Å². The number of nitrogens with two attached hydrogens (primary N) is 1. The Kier molecular flexibility index (Phi) is 3.12. The topological polar surface area (TPSA) is 46.3 Å². The molecular weight excluding hydrogens is 231 g/mol. The van der Waals surface area contributed by atoms with Crippen LogP contribution in [0.2, 0.25) is 5.02 Å². The number of anilines is 1. The molecule has 1 saturated heterocycles. The molecule has 1 fully saturated rings. The van der Waals surface area contributed by atoms with Crippen LogP contribution in [0.1, 0.15) is 6.42 Å². The first-order valence-corrected chi connectivity index (χ1v) is 5.45. The molecule has 2 N–H and O–H groups in total. The van der Waals surface area contributed by atoms with Gasteiger partial charge in [0.2, 0.25) is 5.91 Å². The summed E-state index contributed by atoms with van der Waals surface area (Å²) in [5.41, 5.74) is 5.75. The van der Waals surface area contributed by atoms with E-state index < -0.39 is 5.82 Å². The molecule has 0 aliphatic carbocycles. The number of carbonyl (C=O) groups is 1. The van der Waals surface area contributed by atoms with Gasteiger partial charge in [-0.15, -0.1) is 0 Å². The van der Waals surface area contributed by atoms with Gasteiger partial charge in [-0.05, 0) is 30.7 Å². The zero-order valence-electron chi connectivity index (χ0n) is 8.62. The maximum absolute atomic E-state index is 13.5. The van der Waals surface area contributed by atoms with E-state index in [9.17, 15) is 9.18 Å². The van der Waals surface area contributed by atoms with Crippen LogP contribution in [0, 0.1) is 11.7 Å². The maximum Gasteiger partial charge on any atom is 0.227 e. The minimum atomic E-state index is -0.435. The molecule has 86 valence electrons. The van der Waals surface area contributed by atoms with Crippen molar-refractivity contribution in [1.29, 1.82) is 0 Å². The van der Waals surface area contributed by atoms with Crippen molar-refractivity contribution in [1.82, 2.24) is 0 Å². The van der Waals surface area contributed by atoms with E-state index in [1.165, 1.54) is 23.1 Å². The molecule has 16 heavy (non-hydrogen) atoms. The molecule has 0 saturated carbocycles. The summed E-state index contributed by atoms with van der Waals surface area (Å²) in [7, 11) is 0. The summed E-state index contributed by atoms with van der Waals surface area (Å²) in [5.74, 6) is -0.432. The van der Waals surface area contributed by atoms with E-state index in [0.29, 0.717) is 24.5 Å². The quantitative estimate of drug-likeness (QED) is 0.860. The average molecular weight is 243 g/mol. The molecule has 1 aromatic rings. The number of hydrogen-bond acceptors (Lipinski definition) is 2. The average Bonchev–Trinajstić information content (AvgIpc) is 2.63. The van der Waals surface area contributed by atoms with Crippen LogP contribution in [-0.2, 0) is 4.79 Å². The van der Waals surface area contributed by atoms with Crippen LogP contribution in [0.3, 0.4) is 0 Å². The van der Waals surface area contributed by atoms with Crippen LogP contribution >= 0.6 is 11.6 Å². The highest BCUT2D eigenvalue weighted by Gasteiger charge is 2.31. The van der Waals surface area contributed by atoms with Crippen LogP contribution in [0.25, 0.3) is 0 Å². The molecule has 0 spiro atoms. The fourth-order valence-corrected chi connectivity index (χ4v) is 2.03. The molecule has 1 aliphatic rings. The Morgan fingerprint density at radius 2 is 2.31 bits per heavy atom. The Bertz CT molecular complexity index is 424. The van der Waals surface area contributed by atoms with Gasteiger partial charge in [0.15, 0.2) is 0 Å². The highest BCUT2D eigenvalue weighted by atomic mass is 35.5. The Hall–Kier alpha value is -1.13. The van der Waals surface area contributed by atoms with Gasteiger partial charge in [0.1, 0.15) is 5.82 Å². The van der Waals surface area contributed by atoms with E-state index in [1.807, 2.05) is 0 Å². The van der Waals surface area contributed by atoms with Crippen molar-refractivity contribution in [2.24, 2.45) is 11.7 Å². The Morgan fingerprint density at radius 1 is 1.56 bits per heavy atom. The van der Waals surface area contributed by atoms with Crippen LogP contribution in [-0.4, -0.2) is 19.0 Å². The fraction of sp³-hybridized carbons (Fsp3) is 0.364. The first-order chi connectivity index (χ1) is 7.61. The monoisotopic (exact) mass is 242 g/mol. The highest BCUT2D eigenvalue weighted by Crippen LogP contribution is 2.29. The first-order valence-electron chi connectivity index (χ1n) is 5.07. The summed E-state index contributed by atoms with van der Waals surface area (Å²) in [4.78, 5) is 13.1. The van der Waals surface area contributed by atoms with Crippen LogP contribution in [0.4, 0.5) is 10.1 Å². The minimum absolute atomic E-state index is 0.100. The van der Waals surface area contributed by atoms with E-state index in [4.69, 9.17) is 17.3 Å². The lowest BCUT2D eigenvalue weighted by Gasteiger charge is -2.17. The van der Waals surface area contributed by atoms with Crippen LogP contribution in [0.5, 0.6) is 0 Å². The summed E-state index contributed by atoms with van der Waals surface area (Å²) >= 11 is 5.78. The van der Waals surface area contributed by atoms with Crippen molar-refractivity contribution in [3.8, 4) is 0 Å². The first kappa shape index (κ1) is 11.4. The zero-order valence-corrected chi connectivity index (χ0v) is 9.38. The van der Waals surface area contributed by atoms with Gasteiger partial charge in [-0.1, -0.05) is 11.6 Å². The third-order valence-electron chi connectivity index (χ3n) is 2.74. The van der Waals surface area contributed by atoms with Crippen molar-refractivity contribution in [2.45, 2.75) is 6.42 Å². The molecule has 1 unspecified atom stereocenters. The summed E-state index contributed by atoms with van der Waals surface area (Å²) in [6.07, 6.45) is 0.377. The normalized spacial score (nSPS) is 20.6. The largest absolute Gasteiger partial charge is 0.330 e. The van der Waals surface area contributed by atoms with Crippen molar-refractivity contribution < 1.29 is 9.18 Å². The van der Waals surface area contributed by atoms with Gasteiger partial charge < -0.3 is 10.6 Å². The molecule has 1 heterocycles. The SMILES string of the molecule is NCC1CC(=O)N(c2cc(Cl)ccc2F)C1. The Morgan fingerprint density at radius 3 is 2.94 bits per heavy atom. The van der Waals surface area contributed by atoms with Gasteiger partial charge in [-0.3, -0.25) is 4.79 Å². The lowest BCUT2D eigenvalue weighted by Crippen LogP contribution is -2.26. The maximum atomic E-state index is 13.5. The summed E-state index contributed by atoms with van der Waals surface area (Å²) in [5, 5.41) is 0.417. The predicted octanol–water partition coefficient (Wildman–Crippen LogP) is 1.79. The second-order valence-corrected chi connectivity index (χ2v) is 4.34. The molecule has 0 aromatic heterocycles. The smallest absolute Gasteiger partial charge is 0.227 e. The predicted molar refractivity (Wildman–Crippen MR) is 60.9 cm³/mol. The number of benzene rings is 1. The number of halogens is 2. The van der Waals surface area contributed by atoms with Gasteiger partial charge in [-0.2, -0.15) is 0 Å². The van der Waals surface area contributed by atoms with Crippen molar-refractivity contribution in [3.05, 3.63) is 29.0 Å². The van der Waals surface area contributed by atoms with E-state index in [0.717, 1.165) is 0 Å². The van der Waals surface area contributed by atoms with Gasteiger partial charge in [0, 0.05) is 18.0 Å². The minimum Gasteiger partial charge on any atom is -0.330 e. The standard InChI is InChI=1S/C11H12ClFN2O/c12-8-1-2-9(13)10(4-8)15-6-7(5-14)3-11(15)16/h1-2,4,7H,3,5-6,14H2. The molecule has 1 aromatic carbocycles. The molecule has 0 radical (unpaired) electrons. The second kappa shape index (κ2) is 4.39. The number of nitrogens with zero attached hydrogens (tertiary/aromatic N) is 1. The summed E-state index contributed by atoms with van der Waals surface area (Å²) in [6.45, 7) is 0.900. The molecule has 3 nitrogen and oxygen atoms in total. The van der Waals surface area contributed by atoms with E-state index >= 15 is 0 Å². The van der Waals surface area contributed by atoms with Crippen LogP contribution in [0.15, 0.2) is 18.2 Å². The molecule has 5 heteroatoms. The lowest BCUT2D eigenvalue weighted by atomic mass is 10.1. The van der Waals surface area contributed by atoms with Crippen molar-refractivity contribution in [2.75, 3.05) is 18.0 Å². The summed E-state index contributed by atoms with van der Waals surface area (Å²) < 4.78 is 13.5. The van der Waals surface area contributed by atoms with Gasteiger partial charge in [-0.25, -0.2) is 4.39 Å². The fourth-order valence-electron chi connectivity index (χ4n) is 1.86.